The Balaban J connectivity index is 1.52. The van der Waals surface area contributed by atoms with E-state index in [1.807, 2.05) is 6.20 Å². The fourth-order valence-corrected chi connectivity index (χ4v) is 3.86. The maximum Gasteiger partial charge on any atom is 0.0594 e. The van der Waals surface area contributed by atoms with Crippen LogP contribution in [-0.4, -0.2) is 60.0 Å². The Labute approximate surface area is 139 Å². The van der Waals surface area contributed by atoms with E-state index in [1.54, 1.807) is 0 Å². The number of nitrogens with two attached hydrogens (primary N) is 1. The summed E-state index contributed by atoms with van der Waals surface area (Å²) in [5, 5.41) is 11.0. The molecule has 1 atom stereocenters. The van der Waals surface area contributed by atoms with E-state index in [0.717, 1.165) is 38.9 Å². The lowest BCUT2D eigenvalue weighted by Crippen LogP contribution is -2.44. The first-order valence-corrected chi connectivity index (χ1v) is 9.05. The summed E-state index contributed by atoms with van der Waals surface area (Å²) in [4.78, 5) is 2.62. The van der Waals surface area contributed by atoms with Crippen molar-refractivity contribution in [3.05, 3.63) is 17.5 Å². The summed E-state index contributed by atoms with van der Waals surface area (Å²) >= 11 is 0. The van der Waals surface area contributed by atoms with Gasteiger partial charge in [-0.3, -0.25) is 10.00 Å². The number of aromatic amines is 1. The molecule has 1 aliphatic carbocycles. The lowest BCUT2D eigenvalue weighted by molar-refractivity contribution is 0.00719. The second-order valence-corrected chi connectivity index (χ2v) is 6.98. The third-order valence-corrected chi connectivity index (χ3v) is 5.41. The fourth-order valence-electron chi connectivity index (χ4n) is 3.86. The van der Waals surface area contributed by atoms with Crippen LogP contribution >= 0.6 is 0 Å². The van der Waals surface area contributed by atoms with Gasteiger partial charge in [0.2, 0.25) is 0 Å². The summed E-state index contributed by atoms with van der Waals surface area (Å²) in [6.07, 6.45) is 7.05. The number of nitrogens with one attached hydrogen (secondary N) is 2. The molecule has 2 fully saturated rings. The Morgan fingerprint density at radius 2 is 2.09 bits per heavy atom. The first-order valence-electron chi connectivity index (χ1n) is 9.05. The van der Waals surface area contributed by atoms with Crippen LogP contribution < -0.4 is 11.1 Å². The molecule has 1 saturated carbocycles. The molecular formula is C17H31N5O. The van der Waals surface area contributed by atoms with Gasteiger partial charge in [-0.05, 0) is 32.6 Å². The number of hydrogen-bond donors (Lipinski definition) is 3. The molecule has 4 N–H and O–H groups in total. The highest BCUT2D eigenvalue weighted by molar-refractivity contribution is 5.21. The van der Waals surface area contributed by atoms with Crippen molar-refractivity contribution in [1.82, 2.24) is 20.4 Å². The van der Waals surface area contributed by atoms with Crippen molar-refractivity contribution in [2.75, 3.05) is 32.8 Å². The minimum Gasteiger partial charge on any atom is -0.379 e. The Bertz CT molecular complexity index is 463. The fraction of sp³-hybridized carbons (Fsp3) is 0.824. The molecule has 6 heteroatoms. The lowest BCUT2D eigenvalue weighted by Gasteiger charge is -2.38. The third kappa shape index (κ3) is 4.32. The van der Waals surface area contributed by atoms with Gasteiger partial charge in [0.1, 0.15) is 0 Å². The smallest absolute Gasteiger partial charge is 0.0594 e. The van der Waals surface area contributed by atoms with Crippen LogP contribution in [0.2, 0.25) is 0 Å². The molecule has 1 aromatic rings. The van der Waals surface area contributed by atoms with Gasteiger partial charge in [0.05, 0.1) is 19.4 Å². The van der Waals surface area contributed by atoms with Gasteiger partial charge in [-0.15, -0.1) is 0 Å². The number of ether oxygens (including phenoxy) is 1. The van der Waals surface area contributed by atoms with Gasteiger partial charge in [0, 0.05) is 55.4 Å². The van der Waals surface area contributed by atoms with E-state index in [-0.39, 0.29) is 0 Å². The molecule has 0 amide bonds. The van der Waals surface area contributed by atoms with Crippen molar-refractivity contribution in [1.29, 1.82) is 0 Å². The van der Waals surface area contributed by atoms with Crippen LogP contribution in [0.4, 0.5) is 0 Å². The molecule has 130 valence electrons. The first-order chi connectivity index (χ1) is 11.3. The van der Waals surface area contributed by atoms with Crippen LogP contribution in [0.15, 0.2) is 6.20 Å². The normalized spacial score (nSPS) is 27.9. The quantitative estimate of drug-likeness (QED) is 0.734. The summed E-state index contributed by atoms with van der Waals surface area (Å²) in [7, 11) is 0. The van der Waals surface area contributed by atoms with Gasteiger partial charge in [-0.25, -0.2) is 0 Å². The molecule has 1 saturated heterocycles. The third-order valence-electron chi connectivity index (χ3n) is 5.41. The maximum absolute atomic E-state index is 5.68. The zero-order valence-electron chi connectivity index (χ0n) is 14.3. The van der Waals surface area contributed by atoms with E-state index in [9.17, 15) is 0 Å². The van der Waals surface area contributed by atoms with Gasteiger partial charge < -0.3 is 15.8 Å². The molecule has 23 heavy (non-hydrogen) atoms. The van der Waals surface area contributed by atoms with E-state index in [4.69, 9.17) is 10.5 Å². The largest absolute Gasteiger partial charge is 0.379 e. The van der Waals surface area contributed by atoms with Gasteiger partial charge >= 0.3 is 0 Å². The Morgan fingerprint density at radius 1 is 1.35 bits per heavy atom. The number of hydrogen-bond acceptors (Lipinski definition) is 5. The molecule has 6 nitrogen and oxygen atoms in total. The number of rotatable bonds is 6. The van der Waals surface area contributed by atoms with Crippen molar-refractivity contribution in [3.63, 3.8) is 0 Å². The summed E-state index contributed by atoms with van der Waals surface area (Å²) in [5.41, 5.74) is 8.32. The molecule has 2 heterocycles. The van der Waals surface area contributed by atoms with E-state index >= 15 is 0 Å². The van der Waals surface area contributed by atoms with E-state index in [1.165, 1.54) is 36.9 Å². The van der Waals surface area contributed by atoms with Crippen LogP contribution in [0.1, 0.15) is 49.8 Å². The monoisotopic (exact) mass is 321 g/mol. The van der Waals surface area contributed by atoms with Crippen molar-refractivity contribution in [3.8, 4) is 0 Å². The molecule has 0 aromatic carbocycles. The topological polar surface area (TPSA) is 79.2 Å². The number of aromatic nitrogens is 2. The van der Waals surface area contributed by atoms with Crippen molar-refractivity contribution in [2.24, 2.45) is 5.73 Å². The minimum atomic E-state index is 0.342. The highest BCUT2D eigenvalue weighted by atomic mass is 16.5. The Kier molecular flexibility index (Phi) is 6.05. The minimum absolute atomic E-state index is 0.342. The van der Waals surface area contributed by atoms with Gasteiger partial charge in [-0.1, -0.05) is 0 Å². The molecule has 0 bridgehead atoms. The molecular weight excluding hydrogens is 290 g/mol. The van der Waals surface area contributed by atoms with Crippen LogP contribution in [0.5, 0.6) is 0 Å². The highest BCUT2D eigenvalue weighted by Gasteiger charge is 2.29. The summed E-state index contributed by atoms with van der Waals surface area (Å²) in [6.45, 7) is 7.64. The molecule has 0 radical (unpaired) electrons. The van der Waals surface area contributed by atoms with Crippen LogP contribution in [0, 0.1) is 0 Å². The number of nitrogens with zero attached hydrogens (tertiary/aromatic N) is 2. The second kappa shape index (κ2) is 8.24. The van der Waals surface area contributed by atoms with Gasteiger partial charge in [-0.2, -0.15) is 5.10 Å². The summed E-state index contributed by atoms with van der Waals surface area (Å²) < 4.78 is 5.47. The SMILES string of the molecule is CC(CN)NCc1cn[nH]c1C1CCC(N2CCOCC2)CC1. The summed E-state index contributed by atoms with van der Waals surface area (Å²) in [6, 6.07) is 1.09. The average molecular weight is 321 g/mol. The predicted molar refractivity (Wildman–Crippen MR) is 91.3 cm³/mol. The molecule has 1 aromatic heterocycles. The van der Waals surface area contributed by atoms with Crippen molar-refractivity contribution >= 4 is 0 Å². The van der Waals surface area contributed by atoms with Gasteiger partial charge in [0.25, 0.3) is 0 Å². The van der Waals surface area contributed by atoms with E-state index in [0.29, 0.717) is 18.5 Å². The number of H-pyrrole nitrogens is 1. The molecule has 1 unspecified atom stereocenters. The zero-order chi connectivity index (χ0) is 16.1. The van der Waals surface area contributed by atoms with Crippen LogP contribution in [-0.2, 0) is 11.3 Å². The molecule has 3 rings (SSSR count). The Hall–Kier alpha value is -0.950. The van der Waals surface area contributed by atoms with Gasteiger partial charge in [0.15, 0.2) is 0 Å². The molecule has 2 aliphatic rings. The standard InChI is InChI=1S/C17H31N5O/c1-13(10-18)19-11-15-12-20-21-17(15)14-2-4-16(5-3-14)22-6-8-23-9-7-22/h12-14,16,19H,2-11,18H2,1H3,(H,20,21). The molecule has 0 spiro atoms. The maximum atomic E-state index is 5.68. The Morgan fingerprint density at radius 3 is 2.78 bits per heavy atom. The summed E-state index contributed by atoms with van der Waals surface area (Å²) in [5.74, 6) is 0.625. The van der Waals surface area contributed by atoms with E-state index < -0.39 is 0 Å². The highest BCUT2D eigenvalue weighted by Crippen LogP contribution is 2.35. The van der Waals surface area contributed by atoms with Crippen LogP contribution in [0.3, 0.4) is 0 Å². The lowest BCUT2D eigenvalue weighted by atomic mass is 9.82. The van der Waals surface area contributed by atoms with Crippen LogP contribution in [0.25, 0.3) is 0 Å². The number of morpholine rings is 1. The van der Waals surface area contributed by atoms with E-state index in [2.05, 4.69) is 27.3 Å². The second-order valence-electron chi connectivity index (χ2n) is 6.98. The first kappa shape index (κ1) is 16.9. The van der Waals surface area contributed by atoms with Crippen molar-refractivity contribution in [2.45, 2.75) is 57.2 Å². The predicted octanol–water partition coefficient (Wildman–Crippen LogP) is 1.20. The van der Waals surface area contributed by atoms with Crippen molar-refractivity contribution < 1.29 is 4.74 Å². The molecule has 1 aliphatic heterocycles. The average Bonchev–Trinajstić information content (AvgIpc) is 3.09. The zero-order valence-corrected chi connectivity index (χ0v) is 14.3.